The van der Waals surface area contributed by atoms with Crippen LogP contribution in [-0.4, -0.2) is 0 Å². The molecule has 0 fully saturated rings. The lowest BCUT2D eigenvalue weighted by Crippen LogP contribution is -2.25. The molecule has 0 heteroatoms. The van der Waals surface area contributed by atoms with E-state index in [4.69, 9.17) is 0 Å². The summed E-state index contributed by atoms with van der Waals surface area (Å²) in [6.45, 7) is 0. The molecule has 51 heavy (non-hydrogen) atoms. The first kappa shape index (κ1) is 27.3. The molecule has 0 amide bonds. The van der Waals surface area contributed by atoms with Gasteiger partial charge in [-0.2, -0.15) is 0 Å². The van der Waals surface area contributed by atoms with E-state index in [0.717, 1.165) is 0 Å². The van der Waals surface area contributed by atoms with Crippen LogP contribution in [0.4, 0.5) is 0 Å². The van der Waals surface area contributed by atoms with E-state index in [1.54, 1.807) is 0 Å². The number of hydrogen-bond donors (Lipinski definition) is 0. The second kappa shape index (κ2) is 9.81. The van der Waals surface area contributed by atoms with Crippen molar-refractivity contribution in [1.82, 2.24) is 0 Å². The Labute approximate surface area is 296 Å². The first-order valence-corrected chi connectivity index (χ1v) is 17.9. The molecule has 0 unspecified atom stereocenters. The first-order valence-electron chi connectivity index (χ1n) is 17.9. The van der Waals surface area contributed by atoms with Crippen LogP contribution in [0.1, 0.15) is 22.3 Å². The monoisotopic (exact) mass is 642 g/mol. The van der Waals surface area contributed by atoms with Gasteiger partial charge in [-0.05, 0) is 134 Å². The van der Waals surface area contributed by atoms with Gasteiger partial charge in [0.2, 0.25) is 0 Å². The van der Waals surface area contributed by atoms with Crippen molar-refractivity contribution >= 4 is 43.1 Å². The number of fused-ring (bicyclic) bond motifs is 11. The Balaban J connectivity index is 1.19. The van der Waals surface area contributed by atoms with Gasteiger partial charge in [-0.15, -0.1) is 0 Å². The topological polar surface area (TPSA) is 0 Å². The summed E-state index contributed by atoms with van der Waals surface area (Å²) in [4.78, 5) is 0. The van der Waals surface area contributed by atoms with Crippen molar-refractivity contribution in [3.63, 3.8) is 0 Å². The molecule has 0 heterocycles. The summed E-state index contributed by atoms with van der Waals surface area (Å²) in [5.41, 5.74) is 15.5. The van der Waals surface area contributed by atoms with Crippen LogP contribution in [0.15, 0.2) is 182 Å². The van der Waals surface area contributed by atoms with Crippen LogP contribution in [0.3, 0.4) is 0 Å². The van der Waals surface area contributed by atoms with Crippen LogP contribution in [0.5, 0.6) is 0 Å². The minimum Gasteiger partial charge on any atom is -0.0622 e. The summed E-state index contributed by atoms with van der Waals surface area (Å²) in [7, 11) is 0. The fraction of sp³-hybridized carbons (Fsp3) is 0.0196. The molecule has 0 saturated carbocycles. The van der Waals surface area contributed by atoms with E-state index >= 15 is 0 Å². The smallest absolute Gasteiger partial charge is 0.0622 e. The van der Waals surface area contributed by atoms with Gasteiger partial charge in [-0.1, -0.05) is 158 Å². The van der Waals surface area contributed by atoms with Gasteiger partial charge in [-0.3, -0.25) is 0 Å². The number of rotatable bonds is 2. The second-order valence-electron chi connectivity index (χ2n) is 14.4. The minimum atomic E-state index is -0.399. The minimum absolute atomic E-state index is 0.399. The van der Waals surface area contributed by atoms with Gasteiger partial charge in [0.05, 0.1) is 5.41 Å². The van der Waals surface area contributed by atoms with E-state index in [2.05, 4.69) is 182 Å². The Morgan fingerprint density at radius 2 is 0.804 bits per heavy atom. The Hall–Kier alpha value is -6.50. The third kappa shape index (κ3) is 3.44. The average Bonchev–Trinajstić information content (AvgIpc) is 3.66. The molecular formula is C51H30. The van der Waals surface area contributed by atoms with E-state index in [0.29, 0.717) is 0 Å². The molecule has 0 N–H and O–H groups in total. The molecule has 1 spiro atoms. The lowest BCUT2D eigenvalue weighted by atomic mass is 9.70. The second-order valence-corrected chi connectivity index (χ2v) is 14.4. The van der Waals surface area contributed by atoms with E-state index in [-0.39, 0.29) is 0 Å². The normalized spacial score (nSPS) is 13.6. The molecular weight excluding hydrogens is 613 g/mol. The summed E-state index contributed by atoms with van der Waals surface area (Å²) in [5.74, 6) is 0. The van der Waals surface area contributed by atoms with Crippen LogP contribution >= 0.6 is 0 Å². The zero-order valence-corrected chi connectivity index (χ0v) is 27.8. The van der Waals surface area contributed by atoms with Crippen LogP contribution < -0.4 is 0 Å². The highest BCUT2D eigenvalue weighted by Gasteiger charge is 2.52. The largest absolute Gasteiger partial charge is 0.0725 e. The molecule has 2 aliphatic rings. The molecule has 10 aromatic rings. The highest BCUT2D eigenvalue weighted by Crippen LogP contribution is 2.64. The van der Waals surface area contributed by atoms with Gasteiger partial charge >= 0.3 is 0 Å². The summed E-state index contributed by atoms with van der Waals surface area (Å²) < 4.78 is 0. The Morgan fingerprint density at radius 3 is 1.47 bits per heavy atom. The maximum Gasteiger partial charge on any atom is 0.0725 e. The molecule has 0 nitrogen and oxygen atoms in total. The fourth-order valence-corrected chi connectivity index (χ4v) is 9.98. The molecule has 0 saturated heterocycles. The van der Waals surface area contributed by atoms with Crippen molar-refractivity contribution in [3.05, 3.63) is 204 Å². The van der Waals surface area contributed by atoms with Crippen LogP contribution in [-0.2, 0) is 5.41 Å². The molecule has 0 aliphatic heterocycles. The highest BCUT2D eigenvalue weighted by atomic mass is 14.5. The predicted octanol–water partition coefficient (Wildman–Crippen LogP) is 13.4. The average molecular weight is 643 g/mol. The number of benzene rings is 10. The molecule has 0 radical (unpaired) electrons. The first-order chi connectivity index (χ1) is 25.3. The third-order valence-electron chi connectivity index (χ3n) is 12.0. The van der Waals surface area contributed by atoms with Crippen molar-refractivity contribution in [2.75, 3.05) is 0 Å². The van der Waals surface area contributed by atoms with Crippen LogP contribution in [0.25, 0.3) is 87.6 Å². The molecule has 0 aromatic heterocycles. The standard InChI is InChI=1S/C51H30/c1-2-11-31(12-3-1)49-39-26-25-34(37-28-35-23-21-32-13-10-14-33-22-24-36(29-37)48(35)47(32)33)27-38(39)30-46-50(49)42-17-6-9-20-45(42)51(46)43-18-7-4-15-40(43)41-16-5-8-19-44(41)51/h1-30H. The molecule has 2 aliphatic carbocycles. The van der Waals surface area contributed by atoms with Crippen molar-refractivity contribution in [1.29, 1.82) is 0 Å². The van der Waals surface area contributed by atoms with Gasteiger partial charge in [0.15, 0.2) is 0 Å². The van der Waals surface area contributed by atoms with Crippen molar-refractivity contribution in [3.8, 4) is 44.5 Å². The summed E-state index contributed by atoms with van der Waals surface area (Å²) in [5, 5.41) is 10.5. The molecule has 12 rings (SSSR count). The van der Waals surface area contributed by atoms with Crippen molar-refractivity contribution < 1.29 is 0 Å². The van der Waals surface area contributed by atoms with Crippen LogP contribution in [0, 0.1) is 0 Å². The summed E-state index contributed by atoms with van der Waals surface area (Å²) in [6.07, 6.45) is 0. The van der Waals surface area contributed by atoms with Gasteiger partial charge in [0.25, 0.3) is 0 Å². The summed E-state index contributed by atoms with van der Waals surface area (Å²) in [6, 6.07) is 68.6. The van der Waals surface area contributed by atoms with E-state index < -0.39 is 5.41 Å². The van der Waals surface area contributed by atoms with Crippen molar-refractivity contribution in [2.24, 2.45) is 0 Å². The molecule has 0 atom stereocenters. The van der Waals surface area contributed by atoms with Gasteiger partial charge in [0.1, 0.15) is 0 Å². The van der Waals surface area contributed by atoms with E-state index in [9.17, 15) is 0 Å². The fourth-order valence-electron chi connectivity index (χ4n) is 9.98. The molecule has 10 aromatic carbocycles. The van der Waals surface area contributed by atoms with Gasteiger partial charge < -0.3 is 0 Å². The Bertz CT molecular complexity index is 2960. The lowest BCUT2D eigenvalue weighted by Gasteiger charge is -2.31. The molecule has 0 bridgehead atoms. The van der Waals surface area contributed by atoms with Gasteiger partial charge in [0, 0.05) is 0 Å². The van der Waals surface area contributed by atoms with Crippen molar-refractivity contribution in [2.45, 2.75) is 5.41 Å². The lowest BCUT2D eigenvalue weighted by molar-refractivity contribution is 0.795. The Kier molecular flexibility index (Phi) is 5.26. The zero-order valence-electron chi connectivity index (χ0n) is 27.8. The Morgan fingerprint density at radius 1 is 0.275 bits per heavy atom. The predicted molar refractivity (Wildman–Crippen MR) is 215 cm³/mol. The SMILES string of the molecule is c1ccc(-c2c3c(cc4cc(-c5cc6ccc7cccc8ccc(c5)c6c78)ccc24)C2(c4ccccc4-c4ccccc42)c2ccccc2-3)cc1. The maximum atomic E-state index is 2.53. The maximum absolute atomic E-state index is 2.53. The van der Waals surface area contributed by atoms with Gasteiger partial charge in [-0.25, -0.2) is 0 Å². The van der Waals surface area contributed by atoms with Crippen LogP contribution in [0.2, 0.25) is 0 Å². The molecule has 234 valence electrons. The highest BCUT2D eigenvalue weighted by molar-refractivity contribution is 6.24. The quantitative estimate of drug-likeness (QED) is 0.165. The zero-order chi connectivity index (χ0) is 33.3. The third-order valence-corrected chi connectivity index (χ3v) is 12.0. The summed E-state index contributed by atoms with van der Waals surface area (Å²) >= 11 is 0. The van der Waals surface area contributed by atoms with E-state index in [1.807, 2.05) is 0 Å². The van der Waals surface area contributed by atoms with E-state index in [1.165, 1.54) is 110 Å². The number of hydrogen-bond acceptors (Lipinski definition) is 0.